The first-order valence-electron chi connectivity index (χ1n) is 8.55. The van der Waals surface area contributed by atoms with Crippen LogP contribution in [0, 0.1) is 5.92 Å². The van der Waals surface area contributed by atoms with Crippen molar-refractivity contribution < 1.29 is 14.1 Å². The summed E-state index contributed by atoms with van der Waals surface area (Å²) in [5.41, 5.74) is 2.09. The van der Waals surface area contributed by atoms with Gasteiger partial charge in [-0.25, -0.2) is 0 Å². The van der Waals surface area contributed by atoms with Crippen molar-refractivity contribution in [2.75, 3.05) is 5.75 Å². The average Bonchev–Trinajstić information content (AvgIpc) is 3.33. The fraction of sp³-hybridized carbons (Fsp3) is 0.526. The molecule has 0 N–H and O–H groups in total. The van der Waals surface area contributed by atoms with Crippen molar-refractivity contribution in [2.45, 2.75) is 51.7 Å². The highest BCUT2D eigenvalue weighted by Crippen LogP contribution is 2.39. The molecule has 1 saturated carbocycles. The van der Waals surface area contributed by atoms with Crippen molar-refractivity contribution in [2.24, 2.45) is 5.92 Å². The van der Waals surface area contributed by atoms with Gasteiger partial charge in [0, 0.05) is 17.2 Å². The lowest BCUT2D eigenvalue weighted by atomic mass is 9.78. The number of hydrogen-bond acceptors (Lipinski definition) is 4. The summed E-state index contributed by atoms with van der Waals surface area (Å²) in [6.07, 6.45) is 4.11. The summed E-state index contributed by atoms with van der Waals surface area (Å²) in [5, 5.41) is 0. The van der Waals surface area contributed by atoms with Crippen LogP contribution >= 0.6 is 12.6 Å². The third-order valence-corrected chi connectivity index (χ3v) is 5.60. The second-order valence-electron chi connectivity index (χ2n) is 7.73. The van der Waals surface area contributed by atoms with Crippen molar-refractivity contribution in [1.29, 1.82) is 0 Å². The van der Waals surface area contributed by atoms with E-state index in [0.29, 0.717) is 5.75 Å². The van der Waals surface area contributed by atoms with E-state index in [2.05, 4.69) is 12.6 Å². The van der Waals surface area contributed by atoms with E-state index in [1.165, 1.54) is 0 Å². The van der Waals surface area contributed by atoms with E-state index in [1.54, 1.807) is 0 Å². The predicted molar refractivity (Wildman–Crippen MR) is 101 cm³/mol. The third-order valence-electron chi connectivity index (χ3n) is 5.23. The van der Waals surface area contributed by atoms with Gasteiger partial charge < -0.3 is 9.31 Å². The van der Waals surface area contributed by atoms with Gasteiger partial charge in [0.25, 0.3) is 0 Å². The molecule has 24 heavy (non-hydrogen) atoms. The van der Waals surface area contributed by atoms with Crippen LogP contribution in [-0.4, -0.2) is 29.9 Å². The van der Waals surface area contributed by atoms with E-state index in [9.17, 15) is 4.79 Å². The van der Waals surface area contributed by atoms with Crippen molar-refractivity contribution >= 4 is 31.6 Å². The molecule has 3 rings (SSSR count). The molecule has 1 aliphatic heterocycles. The van der Waals surface area contributed by atoms with Crippen LogP contribution in [0.5, 0.6) is 0 Å². The standard InChI is InChI=1S/C19H25BO3S/c1-18(2)19(3,4)23-20(22-18)16(12-24)11-13-5-7-14(8-6-13)17(21)15-9-10-15/h5-8,11,15,24H,9-10,12H2,1-4H3. The minimum atomic E-state index is -0.389. The first kappa shape index (κ1) is 17.8. The van der Waals surface area contributed by atoms with Gasteiger partial charge in [0.1, 0.15) is 0 Å². The Kier molecular flexibility index (Phi) is 4.71. The summed E-state index contributed by atoms with van der Waals surface area (Å²) in [7, 11) is -0.389. The number of rotatable bonds is 5. The van der Waals surface area contributed by atoms with Crippen LogP contribution in [0.1, 0.15) is 56.5 Å². The summed E-state index contributed by atoms with van der Waals surface area (Å²) in [4.78, 5) is 12.1. The Balaban J connectivity index is 1.77. The molecule has 2 aliphatic rings. The number of ketones is 1. The molecule has 1 aromatic rings. The Morgan fingerprint density at radius 3 is 2.17 bits per heavy atom. The number of thiol groups is 1. The van der Waals surface area contributed by atoms with E-state index in [0.717, 1.165) is 29.4 Å². The van der Waals surface area contributed by atoms with Gasteiger partial charge in [0.2, 0.25) is 0 Å². The maximum Gasteiger partial charge on any atom is 0.491 e. The van der Waals surface area contributed by atoms with Crippen LogP contribution in [-0.2, 0) is 9.31 Å². The topological polar surface area (TPSA) is 35.5 Å². The quantitative estimate of drug-likeness (QED) is 0.493. The molecule has 0 atom stereocenters. The molecule has 1 aliphatic carbocycles. The predicted octanol–water partition coefficient (Wildman–Crippen LogP) is 4.22. The lowest BCUT2D eigenvalue weighted by Crippen LogP contribution is -2.41. The van der Waals surface area contributed by atoms with Gasteiger partial charge in [0.05, 0.1) is 11.2 Å². The molecular weight excluding hydrogens is 319 g/mol. The summed E-state index contributed by atoms with van der Waals surface area (Å²) >= 11 is 4.44. The Morgan fingerprint density at radius 1 is 1.17 bits per heavy atom. The van der Waals surface area contributed by atoms with Crippen LogP contribution in [0.15, 0.2) is 29.7 Å². The molecule has 128 valence electrons. The SMILES string of the molecule is CC1(C)OB(C(=Cc2ccc(C(=O)C3CC3)cc2)CS)OC1(C)C. The number of hydrogen-bond donors (Lipinski definition) is 1. The molecular formula is C19H25BO3S. The fourth-order valence-corrected chi connectivity index (χ4v) is 2.96. The molecule has 0 unspecified atom stereocenters. The van der Waals surface area contributed by atoms with E-state index in [1.807, 2.05) is 58.0 Å². The second kappa shape index (κ2) is 6.36. The van der Waals surface area contributed by atoms with Gasteiger partial charge in [0.15, 0.2) is 5.78 Å². The normalized spacial score (nSPS) is 22.7. The Hall–Kier alpha value is -1.04. The Labute approximate surface area is 150 Å². The van der Waals surface area contributed by atoms with Gasteiger partial charge in [-0.2, -0.15) is 12.6 Å². The number of Topliss-reactive ketones (excluding diaryl/α,β-unsaturated/α-hetero) is 1. The van der Waals surface area contributed by atoms with E-state index in [-0.39, 0.29) is 30.0 Å². The van der Waals surface area contributed by atoms with Crippen molar-refractivity contribution in [1.82, 2.24) is 0 Å². The summed E-state index contributed by atoms with van der Waals surface area (Å²) in [5.74, 6) is 1.08. The third kappa shape index (κ3) is 3.49. The highest BCUT2D eigenvalue weighted by Gasteiger charge is 2.52. The van der Waals surface area contributed by atoms with E-state index in [4.69, 9.17) is 9.31 Å². The van der Waals surface area contributed by atoms with Gasteiger partial charge in [-0.05, 0) is 51.6 Å². The van der Waals surface area contributed by atoms with Crippen LogP contribution in [0.3, 0.4) is 0 Å². The minimum Gasteiger partial charge on any atom is -0.400 e. The summed E-state index contributed by atoms with van der Waals surface area (Å²) < 4.78 is 12.2. The zero-order valence-electron chi connectivity index (χ0n) is 14.8. The lowest BCUT2D eigenvalue weighted by molar-refractivity contribution is 0.00578. The van der Waals surface area contributed by atoms with Gasteiger partial charge in [-0.3, -0.25) is 4.79 Å². The van der Waals surface area contributed by atoms with Crippen molar-refractivity contribution in [3.63, 3.8) is 0 Å². The smallest absolute Gasteiger partial charge is 0.400 e. The second-order valence-corrected chi connectivity index (χ2v) is 8.04. The maximum absolute atomic E-state index is 12.1. The number of benzene rings is 1. The molecule has 1 heterocycles. The fourth-order valence-electron chi connectivity index (χ4n) is 2.72. The van der Waals surface area contributed by atoms with Gasteiger partial charge in [-0.1, -0.05) is 30.3 Å². The van der Waals surface area contributed by atoms with Gasteiger partial charge in [-0.15, -0.1) is 0 Å². The molecule has 5 heteroatoms. The largest absolute Gasteiger partial charge is 0.491 e. The molecule has 3 nitrogen and oxygen atoms in total. The first-order chi connectivity index (χ1) is 11.2. The van der Waals surface area contributed by atoms with Crippen molar-refractivity contribution in [3.8, 4) is 0 Å². The van der Waals surface area contributed by atoms with E-state index >= 15 is 0 Å². The molecule has 0 radical (unpaired) electrons. The Bertz CT molecular complexity index is 644. The van der Waals surface area contributed by atoms with Crippen LogP contribution in [0.2, 0.25) is 0 Å². The molecule has 1 saturated heterocycles. The van der Waals surface area contributed by atoms with Gasteiger partial charge >= 0.3 is 7.12 Å². The molecule has 2 fully saturated rings. The minimum absolute atomic E-state index is 0.254. The van der Waals surface area contributed by atoms with Crippen LogP contribution in [0.25, 0.3) is 6.08 Å². The molecule has 0 bridgehead atoms. The first-order valence-corrected chi connectivity index (χ1v) is 9.18. The summed E-state index contributed by atoms with van der Waals surface area (Å²) in [6, 6.07) is 7.77. The molecule has 0 aromatic heterocycles. The Morgan fingerprint density at radius 2 is 1.71 bits per heavy atom. The summed E-state index contributed by atoms with van der Waals surface area (Å²) in [6.45, 7) is 8.17. The number of carbonyl (C=O) groups excluding carboxylic acids is 1. The lowest BCUT2D eigenvalue weighted by Gasteiger charge is -2.32. The highest BCUT2D eigenvalue weighted by atomic mass is 32.1. The molecule has 0 spiro atoms. The van der Waals surface area contributed by atoms with Crippen LogP contribution < -0.4 is 0 Å². The zero-order chi connectivity index (χ0) is 17.5. The van der Waals surface area contributed by atoms with Crippen LogP contribution in [0.4, 0.5) is 0 Å². The van der Waals surface area contributed by atoms with E-state index < -0.39 is 0 Å². The zero-order valence-corrected chi connectivity index (χ0v) is 15.7. The number of carbonyl (C=O) groups is 1. The highest BCUT2D eigenvalue weighted by molar-refractivity contribution is 7.80. The monoisotopic (exact) mass is 344 g/mol. The van der Waals surface area contributed by atoms with Crippen molar-refractivity contribution in [3.05, 3.63) is 40.9 Å². The average molecular weight is 344 g/mol. The molecule has 1 aromatic carbocycles. The molecule has 0 amide bonds. The maximum atomic E-state index is 12.1.